The summed E-state index contributed by atoms with van der Waals surface area (Å²) < 4.78 is 5.67. The Labute approximate surface area is 112 Å². The van der Waals surface area contributed by atoms with E-state index >= 15 is 0 Å². The first kappa shape index (κ1) is 13.5. The van der Waals surface area contributed by atoms with E-state index in [9.17, 15) is 5.11 Å². The molecule has 19 heavy (non-hydrogen) atoms. The molecular formula is C15H17NO3. The number of nitrogens with zero attached hydrogens (tertiary/aromatic N) is 1. The fraction of sp³-hybridized carbons (Fsp3) is 0.267. The van der Waals surface area contributed by atoms with Crippen molar-refractivity contribution in [2.24, 2.45) is 0 Å². The molecule has 0 saturated carbocycles. The van der Waals surface area contributed by atoms with E-state index in [1.807, 2.05) is 24.3 Å². The number of aromatic nitrogens is 1. The average Bonchev–Trinajstić information content (AvgIpc) is 2.42. The zero-order valence-electron chi connectivity index (χ0n) is 10.8. The Morgan fingerprint density at radius 3 is 2.58 bits per heavy atom. The molecule has 1 aromatic heterocycles. The minimum absolute atomic E-state index is 0.132. The second-order valence-electron chi connectivity index (χ2n) is 4.29. The zero-order chi connectivity index (χ0) is 13.7. The largest absolute Gasteiger partial charge is 0.439 e. The Morgan fingerprint density at radius 2 is 1.95 bits per heavy atom. The lowest BCUT2D eigenvalue weighted by Crippen LogP contribution is -1.98. The summed E-state index contributed by atoms with van der Waals surface area (Å²) in [4.78, 5) is 4.13. The van der Waals surface area contributed by atoms with E-state index in [0.717, 1.165) is 5.56 Å². The van der Waals surface area contributed by atoms with Crippen LogP contribution in [-0.2, 0) is 6.42 Å². The molecule has 0 aliphatic rings. The highest BCUT2D eigenvalue weighted by molar-refractivity contribution is 5.34. The van der Waals surface area contributed by atoms with Crippen LogP contribution in [0.5, 0.6) is 11.6 Å². The molecule has 1 aromatic carbocycles. The molecule has 4 heteroatoms. The Kier molecular flexibility index (Phi) is 4.49. The van der Waals surface area contributed by atoms with Gasteiger partial charge in [-0.1, -0.05) is 12.1 Å². The number of aliphatic hydroxyl groups excluding tert-OH is 2. The molecule has 0 aliphatic carbocycles. The van der Waals surface area contributed by atoms with Gasteiger partial charge in [-0.2, -0.15) is 0 Å². The first-order valence-corrected chi connectivity index (χ1v) is 6.21. The lowest BCUT2D eigenvalue weighted by atomic mass is 10.1. The summed E-state index contributed by atoms with van der Waals surface area (Å²) in [5.41, 5.74) is 1.70. The number of benzene rings is 1. The van der Waals surface area contributed by atoms with E-state index in [4.69, 9.17) is 9.84 Å². The molecule has 0 spiro atoms. The summed E-state index contributed by atoms with van der Waals surface area (Å²) in [5.74, 6) is 1.06. The third kappa shape index (κ3) is 3.53. The highest BCUT2D eigenvalue weighted by atomic mass is 16.5. The normalized spacial score (nSPS) is 12.2. The zero-order valence-corrected chi connectivity index (χ0v) is 10.8. The van der Waals surface area contributed by atoms with Crippen LogP contribution in [0.2, 0.25) is 0 Å². The van der Waals surface area contributed by atoms with Crippen molar-refractivity contribution < 1.29 is 14.9 Å². The summed E-state index contributed by atoms with van der Waals surface area (Å²) >= 11 is 0. The van der Waals surface area contributed by atoms with E-state index in [-0.39, 0.29) is 6.61 Å². The van der Waals surface area contributed by atoms with Crippen molar-refractivity contribution in [3.8, 4) is 11.6 Å². The van der Waals surface area contributed by atoms with E-state index in [1.165, 1.54) is 0 Å². The first-order chi connectivity index (χ1) is 9.20. The van der Waals surface area contributed by atoms with E-state index < -0.39 is 6.10 Å². The van der Waals surface area contributed by atoms with E-state index in [2.05, 4.69) is 4.98 Å². The molecule has 0 aliphatic heterocycles. The Hall–Kier alpha value is -1.91. The number of aliphatic hydroxyl groups is 2. The van der Waals surface area contributed by atoms with Gasteiger partial charge < -0.3 is 14.9 Å². The van der Waals surface area contributed by atoms with Gasteiger partial charge in [-0.05, 0) is 43.2 Å². The summed E-state index contributed by atoms with van der Waals surface area (Å²) in [6.07, 6.45) is 1.63. The maximum Gasteiger partial charge on any atom is 0.225 e. The topological polar surface area (TPSA) is 62.6 Å². The molecule has 1 heterocycles. The predicted octanol–water partition coefficient (Wildman–Crippen LogP) is 2.46. The van der Waals surface area contributed by atoms with E-state index in [0.29, 0.717) is 23.6 Å². The Balaban J connectivity index is 2.17. The van der Waals surface area contributed by atoms with Crippen LogP contribution in [0.4, 0.5) is 0 Å². The van der Waals surface area contributed by atoms with Gasteiger partial charge in [-0.3, -0.25) is 0 Å². The van der Waals surface area contributed by atoms with Gasteiger partial charge >= 0.3 is 0 Å². The molecule has 0 unspecified atom stereocenters. The van der Waals surface area contributed by atoms with Crippen LogP contribution < -0.4 is 4.74 Å². The Morgan fingerprint density at radius 1 is 1.21 bits per heavy atom. The quantitative estimate of drug-likeness (QED) is 0.865. The molecule has 2 N–H and O–H groups in total. The van der Waals surface area contributed by atoms with Crippen LogP contribution in [0, 0.1) is 0 Å². The van der Waals surface area contributed by atoms with Crippen molar-refractivity contribution >= 4 is 0 Å². The van der Waals surface area contributed by atoms with Gasteiger partial charge in [-0.15, -0.1) is 0 Å². The number of pyridine rings is 1. The maximum atomic E-state index is 9.65. The minimum Gasteiger partial charge on any atom is -0.439 e. The molecule has 0 saturated heterocycles. The third-order valence-electron chi connectivity index (χ3n) is 2.79. The molecule has 1 atom stereocenters. The van der Waals surface area contributed by atoms with Gasteiger partial charge in [0.25, 0.3) is 0 Å². The van der Waals surface area contributed by atoms with Crippen LogP contribution in [0.25, 0.3) is 0 Å². The molecule has 2 aromatic rings. The molecule has 0 amide bonds. The van der Waals surface area contributed by atoms with Crippen molar-refractivity contribution in [3.05, 3.63) is 53.7 Å². The monoisotopic (exact) mass is 259 g/mol. The summed E-state index contributed by atoms with van der Waals surface area (Å²) in [6.45, 7) is 1.81. The van der Waals surface area contributed by atoms with Gasteiger partial charge in [-0.25, -0.2) is 4.98 Å². The van der Waals surface area contributed by atoms with Crippen molar-refractivity contribution in [1.82, 2.24) is 4.98 Å². The minimum atomic E-state index is -0.627. The summed E-state index contributed by atoms with van der Waals surface area (Å²) in [5, 5.41) is 18.5. The van der Waals surface area contributed by atoms with Gasteiger partial charge in [0.1, 0.15) is 5.75 Å². The Bertz CT molecular complexity index is 523. The van der Waals surface area contributed by atoms with Crippen LogP contribution >= 0.6 is 0 Å². The third-order valence-corrected chi connectivity index (χ3v) is 2.79. The van der Waals surface area contributed by atoms with Gasteiger partial charge in [0.05, 0.1) is 6.10 Å². The number of rotatable bonds is 5. The maximum absolute atomic E-state index is 9.65. The van der Waals surface area contributed by atoms with Crippen molar-refractivity contribution in [1.29, 1.82) is 0 Å². The van der Waals surface area contributed by atoms with Crippen LogP contribution in [-0.4, -0.2) is 21.8 Å². The average molecular weight is 259 g/mol. The fourth-order valence-corrected chi connectivity index (χ4v) is 1.77. The molecule has 0 bridgehead atoms. The molecule has 2 rings (SSSR count). The molecular weight excluding hydrogens is 242 g/mol. The lowest BCUT2D eigenvalue weighted by Gasteiger charge is -2.11. The SMILES string of the molecule is C[C@@H](O)c1cccnc1Oc1ccc(CCO)cc1. The van der Waals surface area contributed by atoms with Gasteiger partial charge in [0.15, 0.2) is 0 Å². The fourth-order valence-electron chi connectivity index (χ4n) is 1.77. The van der Waals surface area contributed by atoms with Crippen LogP contribution in [0.1, 0.15) is 24.2 Å². The van der Waals surface area contributed by atoms with E-state index in [1.54, 1.807) is 25.3 Å². The van der Waals surface area contributed by atoms with Crippen molar-refractivity contribution in [3.63, 3.8) is 0 Å². The van der Waals surface area contributed by atoms with Crippen molar-refractivity contribution in [2.75, 3.05) is 6.61 Å². The molecule has 4 nitrogen and oxygen atoms in total. The first-order valence-electron chi connectivity index (χ1n) is 6.21. The second kappa shape index (κ2) is 6.31. The number of ether oxygens (including phenoxy) is 1. The standard InChI is InChI=1S/C15H17NO3/c1-11(18)14-3-2-9-16-15(14)19-13-6-4-12(5-7-13)8-10-17/h2-7,9,11,17-18H,8,10H2,1H3/t11-/m1/s1. The molecule has 100 valence electrons. The van der Waals surface area contributed by atoms with Gasteiger partial charge in [0, 0.05) is 18.4 Å². The van der Waals surface area contributed by atoms with Crippen LogP contribution in [0.15, 0.2) is 42.6 Å². The molecule has 0 radical (unpaired) electrons. The smallest absolute Gasteiger partial charge is 0.225 e. The highest BCUT2D eigenvalue weighted by Gasteiger charge is 2.10. The van der Waals surface area contributed by atoms with Crippen LogP contribution in [0.3, 0.4) is 0 Å². The summed E-state index contributed by atoms with van der Waals surface area (Å²) in [7, 11) is 0. The predicted molar refractivity (Wildman–Crippen MR) is 72.2 cm³/mol. The summed E-state index contributed by atoms with van der Waals surface area (Å²) in [6, 6.07) is 11.0. The number of hydrogen-bond acceptors (Lipinski definition) is 4. The second-order valence-corrected chi connectivity index (χ2v) is 4.29. The van der Waals surface area contributed by atoms with Crippen molar-refractivity contribution in [2.45, 2.75) is 19.4 Å². The number of hydrogen-bond donors (Lipinski definition) is 2. The lowest BCUT2D eigenvalue weighted by molar-refractivity contribution is 0.194. The molecule has 0 fully saturated rings. The van der Waals surface area contributed by atoms with Gasteiger partial charge in [0.2, 0.25) is 5.88 Å². The highest BCUT2D eigenvalue weighted by Crippen LogP contribution is 2.27.